The van der Waals surface area contributed by atoms with Crippen molar-refractivity contribution >= 4 is 38.9 Å². The number of para-hydroxylation sites is 1. The Morgan fingerprint density at radius 1 is 1.23 bits per heavy atom. The zero-order valence-electron chi connectivity index (χ0n) is 17.2. The minimum atomic E-state index is -0.147. The van der Waals surface area contributed by atoms with Crippen LogP contribution in [0.1, 0.15) is 41.0 Å². The molecule has 1 fully saturated rings. The highest BCUT2D eigenvalue weighted by molar-refractivity contribution is 7.18. The number of carbonyl (C=O) groups is 2. The molecule has 31 heavy (non-hydrogen) atoms. The largest absolute Gasteiger partial charge is 0.454 e. The minimum Gasteiger partial charge on any atom is -0.454 e. The Kier molecular flexibility index (Phi) is 5.33. The van der Waals surface area contributed by atoms with Crippen molar-refractivity contribution in [3.05, 3.63) is 47.0 Å². The number of likely N-dealkylation sites (tertiary alicyclic amines) is 1. The quantitative estimate of drug-likeness (QED) is 0.607. The third kappa shape index (κ3) is 4.13. The zero-order valence-corrected chi connectivity index (χ0v) is 18.0. The second-order valence-electron chi connectivity index (χ2n) is 7.95. The standard InChI is InChI=1S/C23H23N3O4S/c1-14(27)16-9-19-20(30-13-29-19)10-18(16)24-22(28)12-26-8-4-5-15(11-26)23-25-17-6-2-3-7-21(17)31-23/h2-3,6-7,9-10,15H,4-5,8,11-13H2,1H3,(H,24,28)/t15-/m0/s1. The maximum atomic E-state index is 12.8. The zero-order chi connectivity index (χ0) is 21.4. The number of anilines is 1. The van der Waals surface area contributed by atoms with Gasteiger partial charge in [0.2, 0.25) is 12.7 Å². The van der Waals surface area contributed by atoms with Crippen LogP contribution >= 0.6 is 11.3 Å². The van der Waals surface area contributed by atoms with Gasteiger partial charge in [0.15, 0.2) is 17.3 Å². The smallest absolute Gasteiger partial charge is 0.238 e. The third-order valence-corrected chi connectivity index (χ3v) is 6.90. The van der Waals surface area contributed by atoms with Crippen LogP contribution in [0.3, 0.4) is 0 Å². The molecule has 0 bridgehead atoms. The van der Waals surface area contributed by atoms with Crippen molar-refractivity contribution in [2.24, 2.45) is 0 Å². The number of nitrogens with one attached hydrogen (secondary N) is 1. The molecule has 1 atom stereocenters. The van der Waals surface area contributed by atoms with Gasteiger partial charge in [-0.05, 0) is 44.5 Å². The second-order valence-corrected chi connectivity index (χ2v) is 9.01. The number of piperidine rings is 1. The molecule has 0 spiro atoms. The number of hydrogen-bond acceptors (Lipinski definition) is 7. The first-order chi connectivity index (χ1) is 15.1. The van der Waals surface area contributed by atoms with Crippen LogP contribution in [0.4, 0.5) is 5.69 Å². The number of benzene rings is 2. The Morgan fingerprint density at radius 3 is 2.84 bits per heavy atom. The summed E-state index contributed by atoms with van der Waals surface area (Å²) in [5, 5.41) is 4.03. The van der Waals surface area contributed by atoms with E-state index in [0.29, 0.717) is 28.7 Å². The van der Waals surface area contributed by atoms with E-state index in [0.717, 1.165) is 36.5 Å². The van der Waals surface area contributed by atoms with E-state index in [-0.39, 0.29) is 25.0 Å². The molecule has 1 N–H and O–H groups in total. The fraction of sp³-hybridized carbons (Fsp3) is 0.348. The van der Waals surface area contributed by atoms with Crippen molar-refractivity contribution in [2.45, 2.75) is 25.7 Å². The summed E-state index contributed by atoms with van der Waals surface area (Å²) in [5.74, 6) is 1.11. The van der Waals surface area contributed by atoms with Crippen LogP contribution in [0.25, 0.3) is 10.2 Å². The lowest BCUT2D eigenvalue weighted by molar-refractivity contribution is -0.117. The van der Waals surface area contributed by atoms with E-state index in [9.17, 15) is 9.59 Å². The molecule has 8 heteroatoms. The number of thiazole rings is 1. The van der Waals surface area contributed by atoms with Crippen molar-refractivity contribution in [1.82, 2.24) is 9.88 Å². The molecule has 1 amide bonds. The SMILES string of the molecule is CC(=O)c1cc2c(cc1NC(=O)CN1CCC[C@H](c3nc4ccccc4s3)C1)OCO2. The van der Waals surface area contributed by atoms with Gasteiger partial charge in [0, 0.05) is 24.1 Å². The molecular weight excluding hydrogens is 414 g/mol. The number of ketones is 1. The molecule has 3 aromatic rings. The van der Waals surface area contributed by atoms with Crippen molar-refractivity contribution in [3.63, 3.8) is 0 Å². The number of amides is 1. The molecule has 7 nitrogen and oxygen atoms in total. The number of Topliss-reactive ketones (excluding diaryl/α,β-unsaturated/α-hetero) is 1. The number of fused-ring (bicyclic) bond motifs is 2. The lowest BCUT2D eigenvalue weighted by Gasteiger charge is -2.31. The highest BCUT2D eigenvalue weighted by atomic mass is 32.1. The van der Waals surface area contributed by atoms with Crippen LogP contribution in [0.5, 0.6) is 11.5 Å². The maximum Gasteiger partial charge on any atom is 0.238 e. The number of carbonyl (C=O) groups excluding carboxylic acids is 2. The molecule has 2 aliphatic heterocycles. The van der Waals surface area contributed by atoms with E-state index in [4.69, 9.17) is 14.5 Å². The minimum absolute atomic E-state index is 0.116. The number of ether oxygens (including phenoxy) is 2. The molecule has 160 valence electrons. The molecule has 5 rings (SSSR count). The van der Waals surface area contributed by atoms with E-state index in [1.165, 1.54) is 11.6 Å². The van der Waals surface area contributed by atoms with Gasteiger partial charge in [0.05, 0.1) is 27.5 Å². The molecular formula is C23H23N3O4S. The van der Waals surface area contributed by atoms with Gasteiger partial charge >= 0.3 is 0 Å². The summed E-state index contributed by atoms with van der Waals surface area (Å²) in [4.78, 5) is 31.8. The Balaban J connectivity index is 1.27. The van der Waals surface area contributed by atoms with Crippen LogP contribution < -0.4 is 14.8 Å². The first kappa shape index (κ1) is 20.0. The maximum absolute atomic E-state index is 12.8. The predicted octanol–water partition coefficient (Wildman–Crippen LogP) is 4.05. The molecule has 0 aliphatic carbocycles. The molecule has 0 radical (unpaired) electrons. The second kappa shape index (κ2) is 8.28. The highest BCUT2D eigenvalue weighted by Crippen LogP contribution is 2.37. The van der Waals surface area contributed by atoms with E-state index in [2.05, 4.69) is 16.3 Å². The monoisotopic (exact) mass is 437 g/mol. The summed E-state index contributed by atoms with van der Waals surface area (Å²) >= 11 is 1.74. The third-order valence-electron chi connectivity index (χ3n) is 5.70. The predicted molar refractivity (Wildman–Crippen MR) is 119 cm³/mol. The van der Waals surface area contributed by atoms with Gasteiger partial charge in [0.1, 0.15) is 0 Å². The summed E-state index contributed by atoms with van der Waals surface area (Å²) in [6.07, 6.45) is 2.10. The molecule has 2 aliphatic rings. The van der Waals surface area contributed by atoms with Gasteiger partial charge in [-0.15, -0.1) is 11.3 Å². The number of hydrogen-bond donors (Lipinski definition) is 1. The summed E-state index contributed by atoms with van der Waals surface area (Å²) in [5.41, 5.74) is 1.92. The Morgan fingerprint density at radius 2 is 2.03 bits per heavy atom. The average molecular weight is 438 g/mol. The highest BCUT2D eigenvalue weighted by Gasteiger charge is 2.26. The number of nitrogens with zero attached hydrogens (tertiary/aromatic N) is 2. The summed E-state index contributed by atoms with van der Waals surface area (Å²) < 4.78 is 11.9. The Bertz CT molecular complexity index is 1130. The first-order valence-corrected chi connectivity index (χ1v) is 11.2. The molecule has 1 saturated heterocycles. The van der Waals surface area contributed by atoms with E-state index in [1.807, 2.05) is 18.2 Å². The fourth-order valence-corrected chi connectivity index (χ4v) is 5.29. The fourth-order valence-electron chi connectivity index (χ4n) is 4.19. The summed E-state index contributed by atoms with van der Waals surface area (Å²) in [6.45, 7) is 3.53. The average Bonchev–Trinajstić information content (AvgIpc) is 3.39. The normalized spacial score (nSPS) is 18.3. The van der Waals surface area contributed by atoms with Crippen LogP contribution in [0, 0.1) is 0 Å². The van der Waals surface area contributed by atoms with Gasteiger partial charge in [-0.2, -0.15) is 0 Å². The molecule has 0 saturated carbocycles. The van der Waals surface area contributed by atoms with Crippen molar-refractivity contribution < 1.29 is 19.1 Å². The molecule has 2 aromatic carbocycles. The topological polar surface area (TPSA) is 80.8 Å². The summed E-state index contributed by atoms with van der Waals surface area (Å²) in [7, 11) is 0. The van der Waals surface area contributed by atoms with E-state index < -0.39 is 0 Å². The van der Waals surface area contributed by atoms with Gasteiger partial charge in [-0.3, -0.25) is 14.5 Å². The Hall–Kier alpha value is -2.97. The first-order valence-electron chi connectivity index (χ1n) is 10.4. The lowest BCUT2D eigenvalue weighted by Crippen LogP contribution is -2.39. The van der Waals surface area contributed by atoms with Crippen molar-refractivity contribution in [2.75, 3.05) is 31.7 Å². The number of rotatable bonds is 5. The van der Waals surface area contributed by atoms with Crippen molar-refractivity contribution in [1.29, 1.82) is 0 Å². The van der Waals surface area contributed by atoms with E-state index in [1.54, 1.807) is 23.5 Å². The van der Waals surface area contributed by atoms with Crippen molar-refractivity contribution in [3.8, 4) is 11.5 Å². The van der Waals surface area contributed by atoms with Gasteiger partial charge < -0.3 is 14.8 Å². The Labute approximate surface area is 184 Å². The van der Waals surface area contributed by atoms with Crippen LogP contribution in [0.15, 0.2) is 36.4 Å². The molecule has 0 unspecified atom stereocenters. The van der Waals surface area contributed by atoms with Crippen LogP contribution in [-0.4, -0.2) is 48.0 Å². The van der Waals surface area contributed by atoms with Gasteiger partial charge in [-0.1, -0.05) is 12.1 Å². The lowest BCUT2D eigenvalue weighted by atomic mass is 9.99. The number of aromatic nitrogens is 1. The van der Waals surface area contributed by atoms with Crippen LogP contribution in [-0.2, 0) is 4.79 Å². The van der Waals surface area contributed by atoms with Crippen LogP contribution in [0.2, 0.25) is 0 Å². The van der Waals surface area contributed by atoms with Gasteiger partial charge in [-0.25, -0.2) is 4.98 Å². The summed E-state index contributed by atoms with van der Waals surface area (Å²) in [6, 6.07) is 11.5. The van der Waals surface area contributed by atoms with E-state index >= 15 is 0 Å². The molecule has 3 heterocycles. The van der Waals surface area contributed by atoms with Gasteiger partial charge in [0.25, 0.3) is 0 Å². The molecule has 1 aromatic heterocycles.